The van der Waals surface area contributed by atoms with E-state index < -0.39 is 11.7 Å². The first-order chi connectivity index (χ1) is 22.2. The van der Waals surface area contributed by atoms with E-state index in [9.17, 15) is 18.0 Å². The Morgan fingerprint density at radius 1 is 0.848 bits per heavy atom. The average molecular weight is 650 g/mol. The Balaban J connectivity index is 1.27. The topological polar surface area (TPSA) is 36.0 Å². The minimum Gasteiger partial charge on any atom is -0.494 e. The molecule has 0 bridgehead atoms. The molecule has 1 aliphatic heterocycles. The number of rotatable bonds is 12. The molecule has 46 heavy (non-hydrogen) atoms. The van der Waals surface area contributed by atoms with Crippen molar-refractivity contribution >= 4 is 17.5 Å². The molecule has 1 fully saturated rings. The maximum absolute atomic E-state index is 13.7. The van der Waals surface area contributed by atoms with E-state index in [0.29, 0.717) is 56.1 Å². The number of hydrogen-bond donors (Lipinski definition) is 0. The molecule has 5 nitrogen and oxygen atoms in total. The quantitative estimate of drug-likeness (QED) is 0.147. The number of ether oxygens (including phenoxy) is 1. The second-order valence-electron chi connectivity index (χ2n) is 11.7. The first-order valence-electron chi connectivity index (χ1n) is 15.6. The van der Waals surface area contributed by atoms with Crippen LogP contribution in [0.1, 0.15) is 45.0 Å². The molecule has 1 heterocycles. The zero-order valence-electron chi connectivity index (χ0n) is 25.9. The van der Waals surface area contributed by atoms with Gasteiger partial charge < -0.3 is 14.5 Å². The third-order valence-electron chi connectivity index (χ3n) is 8.40. The van der Waals surface area contributed by atoms with Crippen molar-refractivity contribution in [2.75, 3.05) is 52.9 Å². The summed E-state index contributed by atoms with van der Waals surface area (Å²) in [5.41, 5.74) is 2.48. The van der Waals surface area contributed by atoms with Crippen LogP contribution in [0.25, 0.3) is 0 Å². The molecule has 242 valence electrons. The number of carbonyl (C=O) groups excluding carboxylic acids is 1. The van der Waals surface area contributed by atoms with Gasteiger partial charge in [0.2, 0.25) is 0 Å². The lowest BCUT2D eigenvalue weighted by Crippen LogP contribution is -2.47. The number of halogens is 4. The summed E-state index contributed by atoms with van der Waals surface area (Å²) >= 11 is 6.34. The Morgan fingerprint density at radius 2 is 1.46 bits per heavy atom. The van der Waals surface area contributed by atoms with Gasteiger partial charge in [0.25, 0.3) is 5.91 Å². The molecule has 1 amide bonds. The minimum absolute atomic E-state index is 0.00160. The molecule has 0 spiro atoms. The summed E-state index contributed by atoms with van der Waals surface area (Å²) in [5, 5.41) is -0.265. The first-order valence-corrected chi connectivity index (χ1v) is 15.9. The standard InChI is InChI=1S/C37H39ClF3N3O2/c1-42-21-23-44(24-22-42)36(45)30-16-18-32(19-17-30)46-25-9-20-43(26-31-14-8-15-34(35(31)38)37(39,40)41)27-33(28-10-4-2-5-11-28)29-12-6-3-7-13-29/h2-8,10-19,33H,9,20-27H2,1H3. The number of piperazine rings is 1. The molecule has 0 N–H and O–H groups in total. The fraction of sp³-hybridized carbons (Fsp3) is 0.324. The summed E-state index contributed by atoms with van der Waals surface area (Å²) in [6.07, 6.45) is -3.90. The zero-order chi connectivity index (χ0) is 32.5. The third-order valence-corrected chi connectivity index (χ3v) is 8.85. The molecule has 0 aromatic heterocycles. The van der Waals surface area contributed by atoms with Crippen molar-refractivity contribution in [3.63, 3.8) is 0 Å². The van der Waals surface area contributed by atoms with E-state index in [0.717, 1.165) is 30.3 Å². The van der Waals surface area contributed by atoms with Gasteiger partial charge in [0.1, 0.15) is 5.75 Å². The molecular weight excluding hydrogens is 611 g/mol. The van der Waals surface area contributed by atoms with Crippen LogP contribution in [0.2, 0.25) is 5.02 Å². The lowest BCUT2D eigenvalue weighted by atomic mass is 9.90. The van der Waals surface area contributed by atoms with E-state index in [1.54, 1.807) is 18.2 Å². The zero-order valence-corrected chi connectivity index (χ0v) is 26.7. The van der Waals surface area contributed by atoms with Crippen LogP contribution in [0.15, 0.2) is 103 Å². The Labute approximate surface area is 274 Å². The molecule has 0 atom stereocenters. The molecule has 5 rings (SSSR count). The highest BCUT2D eigenvalue weighted by Crippen LogP contribution is 2.37. The van der Waals surface area contributed by atoms with Crippen LogP contribution in [-0.2, 0) is 12.7 Å². The largest absolute Gasteiger partial charge is 0.494 e. The molecule has 0 unspecified atom stereocenters. The van der Waals surface area contributed by atoms with Gasteiger partial charge in [-0.15, -0.1) is 0 Å². The molecule has 0 aliphatic carbocycles. The van der Waals surface area contributed by atoms with Crippen LogP contribution >= 0.6 is 11.6 Å². The molecule has 1 aliphatic rings. The first kappa shape index (κ1) is 33.5. The molecule has 0 radical (unpaired) electrons. The van der Waals surface area contributed by atoms with Crippen molar-refractivity contribution in [1.82, 2.24) is 14.7 Å². The molecular formula is C37H39ClF3N3O2. The number of alkyl halides is 3. The fourth-order valence-corrected chi connectivity index (χ4v) is 6.09. The Hall–Kier alpha value is -3.85. The number of nitrogens with zero attached hydrogens (tertiary/aromatic N) is 3. The van der Waals surface area contributed by atoms with Gasteiger partial charge in [-0.05, 0) is 60.5 Å². The minimum atomic E-state index is -4.53. The Kier molecular flexibility index (Phi) is 11.4. The van der Waals surface area contributed by atoms with Crippen molar-refractivity contribution in [2.24, 2.45) is 0 Å². The van der Waals surface area contributed by atoms with Crippen molar-refractivity contribution in [3.05, 3.63) is 136 Å². The maximum Gasteiger partial charge on any atom is 0.417 e. The van der Waals surface area contributed by atoms with Gasteiger partial charge >= 0.3 is 6.18 Å². The van der Waals surface area contributed by atoms with Crippen molar-refractivity contribution in [1.29, 1.82) is 0 Å². The van der Waals surface area contributed by atoms with Crippen molar-refractivity contribution in [3.8, 4) is 5.75 Å². The maximum atomic E-state index is 13.7. The smallest absolute Gasteiger partial charge is 0.417 e. The van der Waals surface area contributed by atoms with E-state index in [-0.39, 0.29) is 23.4 Å². The normalized spacial score (nSPS) is 14.2. The summed E-state index contributed by atoms with van der Waals surface area (Å²) in [6, 6.07) is 31.5. The van der Waals surface area contributed by atoms with Gasteiger partial charge in [-0.2, -0.15) is 13.2 Å². The third kappa shape index (κ3) is 8.90. The van der Waals surface area contributed by atoms with Crippen LogP contribution in [-0.4, -0.2) is 73.5 Å². The Bertz CT molecular complexity index is 1500. The summed E-state index contributed by atoms with van der Waals surface area (Å²) in [4.78, 5) is 19.1. The SMILES string of the molecule is CN1CCN(C(=O)c2ccc(OCCCN(Cc3cccc(C(F)(F)F)c3Cl)CC(c3ccccc3)c3ccccc3)cc2)CC1. The number of carbonyl (C=O) groups is 1. The summed E-state index contributed by atoms with van der Waals surface area (Å²) < 4.78 is 47.0. The summed E-state index contributed by atoms with van der Waals surface area (Å²) in [7, 11) is 2.05. The van der Waals surface area contributed by atoms with Gasteiger partial charge in [0, 0.05) is 57.3 Å². The van der Waals surface area contributed by atoms with E-state index in [2.05, 4.69) is 41.1 Å². The molecule has 9 heteroatoms. The highest BCUT2D eigenvalue weighted by Gasteiger charge is 2.34. The van der Waals surface area contributed by atoms with Gasteiger partial charge in [-0.25, -0.2) is 0 Å². The van der Waals surface area contributed by atoms with E-state index in [1.165, 1.54) is 6.07 Å². The van der Waals surface area contributed by atoms with Crippen molar-refractivity contribution < 1.29 is 22.7 Å². The summed E-state index contributed by atoms with van der Waals surface area (Å²) in [5.74, 6) is 0.682. The molecule has 4 aromatic rings. The van der Waals surface area contributed by atoms with Crippen LogP contribution < -0.4 is 4.74 Å². The average Bonchev–Trinajstić information content (AvgIpc) is 3.07. The van der Waals surface area contributed by atoms with Crippen LogP contribution in [0.4, 0.5) is 13.2 Å². The van der Waals surface area contributed by atoms with E-state index in [4.69, 9.17) is 16.3 Å². The van der Waals surface area contributed by atoms with Gasteiger partial charge in [-0.1, -0.05) is 84.4 Å². The predicted molar refractivity (Wildman–Crippen MR) is 176 cm³/mol. The Morgan fingerprint density at radius 3 is 2.04 bits per heavy atom. The van der Waals surface area contributed by atoms with Gasteiger partial charge in [-0.3, -0.25) is 9.69 Å². The second-order valence-corrected chi connectivity index (χ2v) is 12.1. The van der Waals surface area contributed by atoms with E-state index >= 15 is 0 Å². The lowest BCUT2D eigenvalue weighted by Gasteiger charge is -2.32. The molecule has 0 saturated carbocycles. The van der Waals surface area contributed by atoms with Crippen molar-refractivity contribution in [2.45, 2.75) is 25.1 Å². The van der Waals surface area contributed by atoms with Crippen LogP contribution in [0, 0.1) is 0 Å². The number of likely N-dealkylation sites (N-methyl/N-ethyl adjacent to an activating group) is 1. The number of amides is 1. The second kappa shape index (κ2) is 15.6. The number of benzene rings is 4. The van der Waals surface area contributed by atoms with E-state index in [1.807, 2.05) is 53.4 Å². The van der Waals surface area contributed by atoms with Crippen LogP contribution in [0.5, 0.6) is 5.75 Å². The number of hydrogen-bond acceptors (Lipinski definition) is 4. The monoisotopic (exact) mass is 649 g/mol. The predicted octanol–water partition coefficient (Wildman–Crippen LogP) is 7.85. The summed E-state index contributed by atoms with van der Waals surface area (Å²) in [6.45, 7) is 4.95. The highest BCUT2D eigenvalue weighted by atomic mass is 35.5. The lowest BCUT2D eigenvalue weighted by molar-refractivity contribution is -0.137. The fourth-order valence-electron chi connectivity index (χ4n) is 5.79. The molecule has 1 saturated heterocycles. The van der Waals surface area contributed by atoms with Gasteiger partial charge in [0.05, 0.1) is 17.2 Å². The highest BCUT2D eigenvalue weighted by molar-refractivity contribution is 6.32. The molecule has 4 aromatic carbocycles. The van der Waals surface area contributed by atoms with Gasteiger partial charge in [0.15, 0.2) is 0 Å². The van der Waals surface area contributed by atoms with Crippen LogP contribution in [0.3, 0.4) is 0 Å².